The van der Waals surface area contributed by atoms with Gasteiger partial charge in [0.1, 0.15) is 0 Å². The first-order valence-electron chi connectivity index (χ1n) is 4.75. The maximum Gasteiger partial charge on any atom is 0.315 e. The molecule has 0 bridgehead atoms. The van der Waals surface area contributed by atoms with Crippen LogP contribution in [-0.2, 0) is 9.53 Å². The Morgan fingerprint density at radius 3 is 2.46 bits per heavy atom. The van der Waals surface area contributed by atoms with Crippen LogP contribution in [0.3, 0.4) is 0 Å². The van der Waals surface area contributed by atoms with Gasteiger partial charge in [0.2, 0.25) is 0 Å². The van der Waals surface area contributed by atoms with Crippen LogP contribution in [0.5, 0.6) is 0 Å². The van der Waals surface area contributed by atoms with Gasteiger partial charge in [0.15, 0.2) is 0 Å². The van der Waals surface area contributed by atoms with Crippen molar-refractivity contribution in [3.05, 3.63) is 0 Å². The summed E-state index contributed by atoms with van der Waals surface area (Å²) in [7, 11) is 0. The molecule has 3 heteroatoms. The fourth-order valence-electron chi connectivity index (χ4n) is 0.647. The second-order valence-corrected chi connectivity index (χ2v) is 5.78. The van der Waals surface area contributed by atoms with Crippen molar-refractivity contribution in [2.24, 2.45) is 0 Å². The summed E-state index contributed by atoms with van der Waals surface area (Å²) in [4.78, 5) is 11.1. The number of hydrogen-bond donors (Lipinski definition) is 0. The first-order valence-corrected chi connectivity index (χ1v) is 5.74. The van der Waals surface area contributed by atoms with Crippen molar-refractivity contribution in [1.29, 1.82) is 0 Å². The summed E-state index contributed by atoms with van der Waals surface area (Å²) in [6, 6.07) is 0. The maximum absolute atomic E-state index is 11.1. The largest absolute Gasteiger partial charge is 0.465 e. The van der Waals surface area contributed by atoms with Gasteiger partial charge in [-0.25, -0.2) is 0 Å². The molecule has 0 aromatic rings. The smallest absolute Gasteiger partial charge is 0.315 e. The molecule has 0 aromatic heterocycles. The van der Waals surface area contributed by atoms with Crippen molar-refractivity contribution in [2.75, 3.05) is 12.4 Å². The van der Waals surface area contributed by atoms with E-state index in [-0.39, 0.29) is 10.7 Å². The zero-order valence-electron chi connectivity index (χ0n) is 9.05. The molecule has 0 fully saturated rings. The number of hydrogen-bond acceptors (Lipinski definition) is 3. The Labute approximate surface area is 85.4 Å². The van der Waals surface area contributed by atoms with Crippen molar-refractivity contribution in [1.82, 2.24) is 0 Å². The molecule has 0 N–H and O–H groups in total. The monoisotopic (exact) mass is 204 g/mol. The van der Waals surface area contributed by atoms with Gasteiger partial charge in [-0.3, -0.25) is 4.79 Å². The number of thioether (sulfide) groups is 1. The molecular formula is C10H20O2S. The van der Waals surface area contributed by atoms with Gasteiger partial charge in [-0.05, 0) is 6.42 Å². The molecule has 0 spiro atoms. The molecule has 13 heavy (non-hydrogen) atoms. The predicted octanol–water partition coefficient (Wildman–Crippen LogP) is 2.86. The molecular weight excluding hydrogens is 184 g/mol. The van der Waals surface area contributed by atoms with E-state index in [1.54, 1.807) is 11.8 Å². The second-order valence-electron chi connectivity index (χ2n) is 3.98. The highest BCUT2D eigenvalue weighted by Crippen LogP contribution is 2.22. The number of ether oxygens (including phenoxy) is 1. The van der Waals surface area contributed by atoms with E-state index in [1.165, 1.54) is 0 Å². The van der Waals surface area contributed by atoms with Gasteiger partial charge in [-0.1, -0.05) is 34.1 Å². The summed E-state index contributed by atoms with van der Waals surface area (Å²) in [5.41, 5.74) is 0. The van der Waals surface area contributed by atoms with Crippen molar-refractivity contribution < 1.29 is 9.53 Å². The highest BCUT2D eigenvalue weighted by Gasteiger charge is 2.13. The summed E-state index contributed by atoms with van der Waals surface area (Å²) in [5.74, 6) is 0.376. The number of unbranched alkanes of at least 4 members (excludes halogenated alkanes) is 1. The Bertz CT molecular complexity index is 149. The molecule has 0 radical (unpaired) electrons. The fourth-order valence-corrected chi connectivity index (χ4v) is 1.28. The topological polar surface area (TPSA) is 26.3 Å². The maximum atomic E-state index is 11.1. The summed E-state index contributed by atoms with van der Waals surface area (Å²) in [5, 5.41) is 0. The van der Waals surface area contributed by atoms with E-state index in [1.807, 2.05) is 0 Å². The Morgan fingerprint density at radius 1 is 1.38 bits per heavy atom. The van der Waals surface area contributed by atoms with E-state index < -0.39 is 0 Å². The van der Waals surface area contributed by atoms with Crippen LogP contribution < -0.4 is 0 Å². The minimum absolute atomic E-state index is 0.0895. The third-order valence-corrected chi connectivity index (χ3v) is 2.63. The molecule has 0 heterocycles. The van der Waals surface area contributed by atoms with E-state index in [4.69, 9.17) is 4.74 Å². The summed E-state index contributed by atoms with van der Waals surface area (Å²) >= 11 is 1.63. The van der Waals surface area contributed by atoms with Gasteiger partial charge in [0, 0.05) is 4.75 Å². The zero-order valence-corrected chi connectivity index (χ0v) is 9.87. The third-order valence-electron chi connectivity index (χ3n) is 1.38. The average molecular weight is 204 g/mol. The molecule has 0 aromatic carbocycles. The fraction of sp³-hybridized carbons (Fsp3) is 0.900. The lowest BCUT2D eigenvalue weighted by Crippen LogP contribution is -2.15. The van der Waals surface area contributed by atoms with Gasteiger partial charge in [-0.2, -0.15) is 0 Å². The summed E-state index contributed by atoms with van der Waals surface area (Å²) in [6.07, 6.45) is 2.03. The van der Waals surface area contributed by atoms with Crippen molar-refractivity contribution in [2.45, 2.75) is 45.3 Å². The van der Waals surface area contributed by atoms with Crippen LogP contribution in [-0.4, -0.2) is 23.1 Å². The van der Waals surface area contributed by atoms with Crippen LogP contribution in [0.2, 0.25) is 0 Å². The van der Waals surface area contributed by atoms with Crippen LogP contribution in [0.25, 0.3) is 0 Å². The first kappa shape index (κ1) is 12.8. The van der Waals surface area contributed by atoms with Gasteiger partial charge in [0.05, 0.1) is 12.4 Å². The van der Waals surface area contributed by atoms with Gasteiger partial charge in [0.25, 0.3) is 0 Å². The van der Waals surface area contributed by atoms with Crippen LogP contribution in [0.15, 0.2) is 0 Å². The van der Waals surface area contributed by atoms with Gasteiger partial charge in [-0.15, -0.1) is 11.8 Å². The second kappa shape index (κ2) is 6.30. The van der Waals surface area contributed by atoms with Crippen LogP contribution in [0, 0.1) is 0 Å². The normalized spacial score (nSPS) is 11.4. The molecule has 0 rings (SSSR count). The highest BCUT2D eigenvalue weighted by molar-refractivity contribution is 8.01. The minimum Gasteiger partial charge on any atom is -0.465 e. The molecule has 78 valence electrons. The number of rotatable bonds is 5. The summed E-state index contributed by atoms with van der Waals surface area (Å²) in [6.45, 7) is 8.93. The van der Waals surface area contributed by atoms with Crippen molar-refractivity contribution in [3.8, 4) is 0 Å². The number of carbonyl (C=O) groups excluding carboxylic acids is 1. The molecule has 0 aliphatic rings. The lowest BCUT2D eigenvalue weighted by Gasteiger charge is -2.16. The number of carbonyl (C=O) groups is 1. The molecule has 0 aliphatic carbocycles. The zero-order chi connectivity index (χ0) is 10.3. The van der Waals surface area contributed by atoms with E-state index in [2.05, 4.69) is 27.7 Å². The standard InChI is InChI=1S/C10H20O2S/c1-5-6-7-12-9(11)8-13-10(2,3)4/h5-8H2,1-4H3. The lowest BCUT2D eigenvalue weighted by molar-refractivity contribution is -0.140. The number of esters is 1. The van der Waals surface area contributed by atoms with Crippen molar-refractivity contribution >= 4 is 17.7 Å². The Balaban J connectivity index is 3.41. The van der Waals surface area contributed by atoms with Crippen LogP contribution >= 0.6 is 11.8 Å². The highest BCUT2D eigenvalue weighted by atomic mass is 32.2. The van der Waals surface area contributed by atoms with E-state index in [0.717, 1.165) is 12.8 Å². The molecule has 0 amide bonds. The molecule has 2 nitrogen and oxygen atoms in total. The Kier molecular flexibility index (Phi) is 6.21. The molecule has 0 unspecified atom stereocenters. The average Bonchev–Trinajstić information content (AvgIpc) is 2.00. The van der Waals surface area contributed by atoms with E-state index >= 15 is 0 Å². The lowest BCUT2D eigenvalue weighted by atomic mass is 10.3. The van der Waals surface area contributed by atoms with Crippen molar-refractivity contribution in [3.63, 3.8) is 0 Å². The van der Waals surface area contributed by atoms with Crippen LogP contribution in [0.4, 0.5) is 0 Å². The minimum atomic E-state index is -0.0895. The van der Waals surface area contributed by atoms with E-state index in [9.17, 15) is 4.79 Å². The molecule has 0 aliphatic heterocycles. The predicted molar refractivity (Wildman–Crippen MR) is 58.1 cm³/mol. The van der Waals surface area contributed by atoms with Gasteiger partial charge < -0.3 is 4.74 Å². The molecule has 0 saturated carbocycles. The Hall–Kier alpha value is -0.180. The SMILES string of the molecule is CCCCOC(=O)CSC(C)(C)C. The van der Waals surface area contributed by atoms with E-state index in [0.29, 0.717) is 12.4 Å². The molecule has 0 saturated heterocycles. The first-order chi connectivity index (χ1) is 5.95. The Morgan fingerprint density at radius 2 is 2.00 bits per heavy atom. The molecule has 0 atom stereocenters. The van der Waals surface area contributed by atoms with Crippen LogP contribution in [0.1, 0.15) is 40.5 Å². The third kappa shape index (κ3) is 9.74. The summed E-state index contributed by atoms with van der Waals surface area (Å²) < 4.78 is 5.16. The van der Waals surface area contributed by atoms with Gasteiger partial charge >= 0.3 is 5.97 Å². The quantitative estimate of drug-likeness (QED) is 0.509.